The zero-order chi connectivity index (χ0) is 20.7. The van der Waals surface area contributed by atoms with Crippen LogP contribution in [0.15, 0.2) is 24.3 Å². The molecule has 0 fully saturated rings. The van der Waals surface area contributed by atoms with Crippen LogP contribution in [0.2, 0.25) is 0 Å². The maximum atomic E-state index is 11.5. The van der Waals surface area contributed by atoms with Gasteiger partial charge in [0.2, 0.25) is 0 Å². The Morgan fingerprint density at radius 1 is 0.571 bits per heavy atom. The van der Waals surface area contributed by atoms with Gasteiger partial charge in [-0.2, -0.15) is 0 Å². The highest BCUT2D eigenvalue weighted by Gasteiger charge is 2.00. The Labute approximate surface area is 172 Å². The topological polar surface area (TPSA) is 52.6 Å². The molecule has 4 heteroatoms. The van der Waals surface area contributed by atoms with Gasteiger partial charge in [-0.3, -0.25) is 0 Å². The molecule has 0 amide bonds. The van der Waals surface area contributed by atoms with E-state index in [-0.39, 0.29) is 25.2 Å². The zero-order valence-electron chi connectivity index (χ0n) is 18.3. The molecule has 0 N–H and O–H groups in total. The SMILES string of the molecule is CCCCCCCCC=CC(=O)OCCOC(=O)C=CCCCCCCCC. The minimum atomic E-state index is -0.374. The number of carbonyl (C=O) groups is 2. The van der Waals surface area contributed by atoms with Gasteiger partial charge in [0.1, 0.15) is 13.2 Å². The molecule has 162 valence electrons. The maximum Gasteiger partial charge on any atom is 0.330 e. The van der Waals surface area contributed by atoms with Crippen molar-refractivity contribution < 1.29 is 19.1 Å². The lowest BCUT2D eigenvalue weighted by atomic mass is 10.1. The fourth-order valence-electron chi connectivity index (χ4n) is 2.82. The highest BCUT2D eigenvalue weighted by Crippen LogP contribution is 2.08. The van der Waals surface area contributed by atoms with E-state index in [1.807, 2.05) is 12.2 Å². The van der Waals surface area contributed by atoms with E-state index in [0.717, 1.165) is 25.7 Å². The van der Waals surface area contributed by atoms with E-state index < -0.39 is 0 Å². The predicted molar refractivity (Wildman–Crippen MR) is 116 cm³/mol. The van der Waals surface area contributed by atoms with Crippen LogP contribution >= 0.6 is 0 Å². The van der Waals surface area contributed by atoms with Crippen molar-refractivity contribution in [2.75, 3.05) is 13.2 Å². The van der Waals surface area contributed by atoms with Gasteiger partial charge in [-0.1, -0.05) is 90.2 Å². The van der Waals surface area contributed by atoms with Crippen LogP contribution in [0.1, 0.15) is 104 Å². The minimum absolute atomic E-state index is 0.0944. The lowest BCUT2D eigenvalue weighted by Crippen LogP contribution is -2.11. The molecular formula is C24H42O4. The molecule has 4 nitrogen and oxygen atoms in total. The van der Waals surface area contributed by atoms with Crippen LogP contribution < -0.4 is 0 Å². The first-order valence-corrected chi connectivity index (χ1v) is 11.4. The first-order valence-electron chi connectivity index (χ1n) is 11.4. The lowest BCUT2D eigenvalue weighted by Gasteiger charge is -2.03. The average molecular weight is 395 g/mol. The first-order chi connectivity index (χ1) is 13.7. The number of ether oxygens (including phenoxy) is 2. The molecule has 0 bridgehead atoms. The summed E-state index contributed by atoms with van der Waals surface area (Å²) in [5.41, 5.74) is 0. The summed E-state index contributed by atoms with van der Waals surface area (Å²) in [5, 5.41) is 0. The molecule has 0 heterocycles. The van der Waals surface area contributed by atoms with Crippen molar-refractivity contribution in [3.05, 3.63) is 24.3 Å². The second kappa shape index (κ2) is 21.7. The summed E-state index contributed by atoms with van der Waals surface area (Å²) in [6, 6.07) is 0. The van der Waals surface area contributed by atoms with Crippen LogP contribution in [-0.2, 0) is 19.1 Å². The monoisotopic (exact) mass is 394 g/mol. The highest BCUT2D eigenvalue weighted by atomic mass is 16.6. The Morgan fingerprint density at radius 2 is 0.929 bits per heavy atom. The third-order valence-electron chi connectivity index (χ3n) is 4.53. The Morgan fingerprint density at radius 3 is 1.32 bits per heavy atom. The molecule has 28 heavy (non-hydrogen) atoms. The van der Waals surface area contributed by atoms with Crippen molar-refractivity contribution in [2.45, 2.75) is 104 Å². The molecule has 0 aromatic carbocycles. The number of esters is 2. The molecular weight excluding hydrogens is 352 g/mol. The van der Waals surface area contributed by atoms with Crippen LogP contribution in [0.25, 0.3) is 0 Å². The molecule has 0 aromatic heterocycles. The lowest BCUT2D eigenvalue weighted by molar-refractivity contribution is -0.146. The van der Waals surface area contributed by atoms with Crippen LogP contribution in [-0.4, -0.2) is 25.2 Å². The first kappa shape index (κ1) is 26.4. The summed E-state index contributed by atoms with van der Waals surface area (Å²) >= 11 is 0. The Kier molecular flexibility index (Phi) is 20.5. The van der Waals surface area contributed by atoms with Gasteiger partial charge in [-0.05, 0) is 25.7 Å². The number of unbranched alkanes of at least 4 members (excludes halogenated alkanes) is 12. The molecule has 0 aliphatic heterocycles. The molecule has 0 unspecified atom stereocenters. The van der Waals surface area contributed by atoms with E-state index in [1.165, 1.54) is 76.4 Å². The molecule has 0 saturated carbocycles. The minimum Gasteiger partial charge on any atom is -0.459 e. The van der Waals surface area contributed by atoms with Crippen LogP contribution in [0, 0.1) is 0 Å². The van der Waals surface area contributed by atoms with Crippen molar-refractivity contribution in [3.63, 3.8) is 0 Å². The van der Waals surface area contributed by atoms with Gasteiger partial charge >= 0.3 is 11.9 Å². The summed E-state index contributed by atoms with van der Waals surface area (Å²) in [5.74, 6) is -0.749. The second-order valence-corrected chi connectivity index (χ2v) is 7.25. The predicted octanol–water partition coefficient (Wildman–Crippen LogP) is 6.69. The van der Waals surface area contributed by atoms with E-state index in [9.17, 15) is 9.59 Å². The Hall–Kier alpha value is -1.58. The standard InChI is InChI=1S/C24H42O4/c1-3-5-7-9-11-13-15-17-19-23(25)27-21-22-28-24(26)20-18-16-14-12-10-8-6-4-2/h17-20H,3-16,21-22H2,1-2H3. The third kappa shape index (κ3) is 20.7. The summed E-state index contributed by atoms with van der Waals surface area (Å²) in [6.45, 7) is 4.61. The van der Waals surface area contributed by atoms with Gasteiger partial charge in [-0.25, -0.2) is 9.59 Å². The molecule has 0 aromatic rings. The molecule has 0 rings (SSSR count). The van der Waals surface area contributed by atoms with Gasteiger partial charge in [0.15, 0.2) is 0 Å². The maximum absolute atomic E-state index is 11.5. The molecule has 0 saturated heterocycles. The number of allylic oxidation sites excluding steroid dienone is 2. The smallest absolute Gasteiger partial charge is 0.330 e. The van der Waals surface area contributed by atoms with E-state index in [2.05, 4.69) is 13.8 Å². The van der Waals surface area contributed by atoms with Crippen molar-refractivity contribution >= 4 is 11.9 Å². The van der Waals surface area contributed by atoms with Gasteiger partial charge in [0.05, 0.1) is 0 Å². The highest BCUT2D eigenvalue weighted by molar-refractivity contribution is 5.82. The normalized spacial score (nSPS) is 11.4. The van der Waals surface area contributed by atoms with Gasteiger partial charge in [-0.15, -0.1) is 0 Å². The quantitative estimate of drug-likeness (QED) is 0.139. The second-order valence-electron chi connectivity index (χ2n) is 7.25. The molecule has 0 radical (unpaired) electrons. The fraction of sp³-hybridized carbons (Fsp3) is 0.750. The van der Waals surface area contributed by atoms with E-state index >= 15 is 0 Å². The Balaban J connectivity index is 3.49. The van der Waals surface area contributed by atoms with Crippen molar-refractivity contribution in [2.24, 2.45) is 0 Å². The van der Waals surface area contributed by atoms with Gasteiger partial charge in [0.25, 0.3) is 0 Å². The van der Waals surface area contributed by atoms with Crippen LogP contribution in [0.3, 0.4) is 0 Å². The fourth-order valence-corrected chi connectivity index (χ4v) is 2.82. The number of rotatable bonds is 19. The Bertz CT molecular complexity index is 386. The van der Waals surface area contributed by atoms with Crippen molar-refractivity contribution in [3.8, 4) is 0 Å². The van der Waals surface area contributed by atoms with Gasteiger partial charge < -0.3 is 9.47 Å². The van der Waals surface area contributed by atoms with E-state index in [1.54, 1.807) is 0 Å². The summed E-state index contributed by atoms with van der Waals surface area (Å²) in [4.78, 5) is 23.1. The zero-order valence-corrected chi connectivity index (χ0v) is 18.3. The van der Waals surface area contributed by atoms with Crippen molar-refractivity contribution in [1.29, 1.82) is 0 Å². The molecule has 0 aliphatic rings. The number of hydrogen-bond donors (Lipinski definition) is 0. The van der Waals surface area contributed by atoms with Crippen molar-refractivity contribution in [1.82, 2.24) is 0 Å². The molecule has 0 spiro atoms. The average Bonchev–Trinajstić information content (AvgIpc) is 2.69. The molecule has 0 atom stereocenters. The molecule has 0 aliphatic carbocycles. The third-order valence-corrected chi connectivity index (χ3v) is 4.53. The summed E-state index contributed by atoms with van der Waals surface area (Å²) < 4.78 is 10.0. The number of carbonyl (C=O) groups excluding carboxylic acids is 2. The number of hydrogen-bond acceptors (Lipinski definition) is 4. The van der Waals surface area contributed by atoms with Crippen LogP contribution in [0.5, 0.6) is 0 Å². The van der Waals surface area contributed by atoms with E-state index in [4.69, 9.17) is 9.47 Å². The summed E-state index contributed by atoms with van der Waals surface area (Å²) in [7, 11) is 0. The van der Waals surface area contributed by atoms with Gasteiger partial charge in [0, 0.05) is 12.2 Å². The summed E-state index contributed by atoms with van der Waals surface area (Å²) in [6.07, 6.45) is 23.4. The largest absolute Gasteiger partial charge is 0.459 e. The van der Waals surface area contributed by atoms with E-state index in [0.29, 0.717) is 0 Å². The van der Waals surface area contributed by atoms with Crippen LogP contribution in [0.4, 0.5) is 0 Å².